The van der Waals surface area contributed by atoms with Gasteiger partial charge >= 0.3 is 0 Å². The van der Waals surface area contributed by atoms with Crippen LogP contribution in [0, 0.1) is 0 Å². The molecule has 3 aromatic rings. The summed E-state index contributed by atoms with van der Waals surface area (Å²) < 4.78 is 6.40. The number of ether oxygens (including phenoxy) is 1. The van der Waals surface area contributed by atoms with Crippen LogP contribution in [0.1, 0.15) is 23.7 Å². The van der Waals surface area contributed by atoms with Gasteiger partial charge in [0.05, 0.1) is 18.7 Å². The smallest absolute Gasteiger partial charge is 0.226 e. The normalized spacial score (nSPS) is 10.7. The summed E-state index contributed by atoms with van der Waals surface area (Å²) in [5.41, 5.74) is 4.04. The number of hydrogen-bond acceptors (Lipinski definition) is 4. The maximum absolute atomic E-state index is 12.2. The molecule has 6 heteroatoms. The zero-order chi connectivity index (χ0) is 19.1. The molecule has 0 unspecified atom stereocenters. The first-order valence-corrected chi connectivity index (χ1v) is 10.4. The van der Waals surface area contributed by atoms with Crippen LogP contribution in [0.25, 0.3) is 10.6 Å². The highest BCUT2D eigenvalue weighted by atomic mass is 79.9. The quantitative estimate of drug-likeness (QED) is 0.533. The van der Waals surface area contributed by atoms with E-state index in [9.17, 15) is 4.79 Å². The highest BCUT2D eigenvalue weighted by molar-refractivity contribution is 9.10. The van der Waals surface area contributed by atoms with Gasteiger partial charge in [-0.15, -0.1) is 11.3 Å². The van der Waals surface area contributed by atoms with Gasteiger partial charge in [0.2, 0.25) is 5.91 Å². The first-order chi connectivity index (χ1) is 13.1. The minimum atomic E-state index is -0.0283. The third kappa shape index (κ3) is 5.99. The zero-order valence-electron chi connectivity index (χ0n) is 15.1. The molecule has 4 nitrogen and oxygen atoms in total. The van der Waals surface area contributed by atoms with E-state index >= 15 is 0 Å². The van der Waals surface area contributed by atoms with Crippen molar-refractivity contribution in [1.82, 2.24) is 10.3 Å². The van der Waals surface area contributed by atoms with Gasteiger partial charge in [0.25, 0.3) is 0 Å². The van der Waals surface area contributed by atoms with Gasteiger partial charge in [-0.25, -0.2) is 4.98 Å². The van der Waals surface area contributed by atoms with Crippen molar-refractivity contribution >= 4 is 33.2 Å². The first-order valence-electron chi connectivity index (χ1n) is 8.76. The number of rotatable bonds is 8. The summed E-state index contributed by atoms with van der Waals surface area (Å²) in [6, 6.07) is 16.1. The van der Waals surface area contributed by atoms with Crippen LogP contribution >= 0.6 is 27.3 Å². The topological polar surface area (TPSA) is 51.2 Å². The number of aromatic nitrogens is 1. The van der Waals surface area contributed by atoms with Gasteiger partial charge in [-0.1, -0.05) is 52.3 Å². The molecular weight excluding hydrogens is 424 g/mol. The van der Waals surface area contributed by atoms with Crippen LogP contribution in [0.4, 0.5) is 0 Å². The zero-order valence-corrected chi connectivity index (χ0v) is 17.5. The molecule has 2 aromatic carbocycles. The summed E-state index contributed by atoms with van der Waals surface area (Å²) in [7, 11) is 0. The lowest BCUT2D eigenvalue weighted by atomic mass is 10.1. The van der Waals surface area contributed by atoms with E-state index in [4.69, 9.17) is 4.74 Å². The van der Waals surface area contributed by atoms with Crippen molar-refractivity contribution in [2.75, 3.05) is 6.61 Å². The van der Waals surface area contributed by atoms with E-state index in [0.717, 1.165) is 31.9 Å². The highest BCUT2D eigenvalue weighted by Crippen LogP contribution is 2.26. The number of carbonyl (C=O) groups is 1. The summed E-state index contributed by atoms with van der Waals surface area (Å²) in [6.45, 7) is 3.81. The number of nitrogens with zero attached hydrogens (tertiary/aromatic N) is 1. The van der Waals surface area contributed by atoms with Gasteiger partial charge < -0.3 is 10.1 Å². The number of nitrogens with one attached hydrogen (secondary N) is 1. The van der Waals surface area contributed by atoms with E-state index in [1.54, 1.807) is 11.3 Å². The van der Waals surface area contributed by atoms with E-state index in [0.29, 0.717) is 19.8 Å². The molecule has 0 fully saturated rings. The van der Waals surface area contributed by atoms with Crippen LogP contribution in [0.5, 0.6) is 0 Å². The van der Waals surface area contributed by atoms with Crippen molar-refractivity contribution in [2.24, 2.45) is 0 Å². The molecule has 0 spiro atoms. The second-order valence-electron chi connectivity index (χ2n) is 6.06. The molecule has 1 aromatic heterocycles. The fraction of sp³-hybridized carbons (Fsp3) is 0.238. The maximum Gasteiger partial charge on any atom is 0.226 e. The summed E-state index contributed by atoms with van der Waals surface area (Å²) in [4.78, 5) is 16.8. The standard InChI is InChI=1S/C21H21BrN2O2S/c1-2-26-13-16-8-6-15(7-9-16)12-23-20(25)11-19-14-27-21(24-19)17-4-3-5-18(22)10-17/h3-10,14H,2,11-13H2,1H3,(H,23,25). The fourth-order valence-corrected chi connectivity index (χ4v) is 3.76. The van der Waals surface area contributed by atoms with E-state index in [-0.39, 0.29) is 12.3 Å². The average molecular weight is 445 g/mol. The number of amides is 1. The van der Waals surface area contributed by atoms with Crippen LogP contribution in [0.15, 0.2) is 58.4 Å². The van der Waals surface area contributed by atoms with Crippen molar-refractivity contribution in [1.29, 1.82) is 0 Å². The SMILES string of the molecule is CCOCc1ccc(CNC(=O)Cc2csc(-c3cccc(Br)c3)n2)cc1. The van der Waals surface area contributed by atoms with Crippen molar-refractivity contribution in [2.45, 2.75) is 26.5 Å². The van der Waals surface area contributed by atoms with Crippen LogP contribution in [-0.2, 0) is 29.1 Å². The minimum absolute atomic E-state index is 0.0283. The van der Waals surface area contributed by atoms with Crippen molar-refractivity contribution in [3.8, 4) is 10.6 Å². The molecule has 0 bridgehead atoms. The first kappa shape index (κ1) is 19.7. The van der Waals surface area contributed by atoms with Crippen LogP contribution < -0.4 is 5.32 Å². The molecule has 1 heterocycles. The summed E-state index contributed by atoms with van der Waals surface area (Å²) >= 11 is 5.02. The average Bonchev–Trinajstić information content (AvgIpc) is 3.14. The second-order valence-corrected chi connectivity index (χ2v) is 7.84. The molecule has 1 amide bonds. The molecule has 0 aliphatic rings. The number of carbonyl (C=O) groups excluding carboxylic acids is 1. The Balaban J connectivity index is 1.51. The Hall–Kier alpha value is -2.02. The lowest BCUT2D eigenvalue weighted by Gasteiger charge is -2.06. The van der Waals surface area contributed by atoms with Gasteiger partial charge in [0, 0.05) is 28.6 Å². The maximum atomic E-state index is 12.2. The fourth-order valence-electron chi connectivity index (χ4n) is 2.54. The second kappa shape index (κ2) is 9.78. The number of thiazole rings is 1. The Morgan fingerprint density at radius 1 is 1.19 bits per heavy atom. The largest absolute Gasteiger partial charge is 0.377 e. The lowest BCUT2D eigenvalue weighted by molar-refractivity contribution is -0.120. The molecule has 0 saturated carbocycles. The molecule has 140 valence electrons. The Kier molecular flexibility index (Phi) is 7.15. The predicted molar refractivity (Wildman–Crippen MR) is 113 cm³/mol. The molecule has 0 aliphatic carbocycles. The molecular formula is C21H21BrN2O2S. The van der Waals surface area contributed by atoms with Crippen LogP contribution in [-0.4, -0.2) is 17.5 Å². The summed E-state index contributed by atoms with van der Waals surface area (Å²) in [5.74, 6) is -0.0283. The number of halogens is 1. The van der Waals surface area contributed by atoms with Crippen molar-refractivity contribution in [3.05, 3.63) is 75.2 Å². The Morgan fingerprint density at radius 3 is 2.70 bits per heavy atom. The number of hydrogen-bond donors (Lipinski definition) is 1. The number of benzene rings is 2. The molecule has 0 atom stereocenters. The lowest BCUT2D eigenvalue weighted by Crippen LogP contribution is -2.24. The van der Waals surface area contributed by atoms with Crippen LogP contribution in [0.3, 0.4) is 0 Å². The molecule has 1 N–H and O–H groups in total. The van der Waals surface area contributed by atoms with Gasteiger partial charge in [0.1, 0.15) is 5.01 Å². The van der Waals surface area contributed by atoms with Crippen LogP contribution in [0.2, 0.25) is 0 Å². The van der Waals surface area contributed by atoms with Crippen molar-refractivity contribution in [3.63, 3.8) is 0 Å². The Bertz CT molecular complexity index is 893. The van der Waals surface area contributed by atoms with E-state index in [1.165, 1.54) is 0 Å². The molecule has 27 heavy (non-hydrogen) atoms. The van der Waals surface area contributed by atoms with E-state index in [2.05, 4.69) is 26.2 Å². The van der Waals surface area contributed by atoms with E-state index in [1.807, 2.05) is 60.8 Å². The van der Waals surface area contributed by atoms with Gasteiger partial charge in [-0.3, -0.25) is 4.79 Å². The molecule has 0 saturated heterocycles. The molecule has 3 rings (SSSR count). The Morgan fingerprint density at radius 2 is 1.96 bits per heavy atom. The van der Waals surface area contributed by atoms with E-state index < -0.39 is 0 Å². The van der Waals surface area contributed by atoms with Crippen molar-refractivity contribution < 1.29 is 9.53 Å². The predicted octanol–water partition coefficient (Wildman–Crippen LogP) is 4.97. The molecule has 0 radical (unpaired) electrons. The monoisotopic (exact) mass is 444 g/mol. The third-order valence-electron chi connectivity index (χ3n) is 3.95. The summed E-state index contributed by atoms with van der Waals surface area (Å²) in [5, 5.41) is 5.82. The highest BCUT2D eigenvalue weighted by Gasteiger charge is 2.09. The third-order valence-corrected chi connectivity index (χ3v) is 5.38. The van der Waals surface area contributed by atoms with Gasteiger partial charge in [-0.05, 0) is 30.2 Å². The summed E-state index contributed by atoms with van der Waals surface area (Å²) in [6.07, 6.45) is 0.285. The van der Waals surface area contributed by atoms with Gasteiger partial charge in [-0.2, -0.15) is 0 Å². The van der Waals surface area contributed by atoms with Gasteiger partial charge in [0.15, 0.2) is 0 Å². The molecule has 0 aliphatic heterocycles. The Labute approximate surface area is 171 Å². The minimum Gasteiger partial charge on any atom is -0.377 e.